The zero-order chi connectivity index (χ0) is 20.6. The third kappa shape index (κ3) is 3.98. The van der Waals surface area contributed by atoms with Gasteiger partial charge in [-0.25, -0.2) is 13.1 Å². The number of rotatable bonds is 8. The fourth-order valence-corrected chi connectivity index (χ4v) is 6.02. The van der Waals surface area contributed by atoms with E-state index < -0.39 is 10.0 Å². The van der Waals surface area contributed by atoms with Crippen LogP contribution in [0, 0.1) is 0 Å². The van der Waals surface area contributed by atoms with E-state index in [1.807, 2.05) is 0 Å². The van der Waals surface area contributed by atoms with Gasteiger partial charge in [0.1, 0.15) is 0 Å². The Balaban J connectivity index is 1.26. The number of hydrogen-bond acceptors (Lipinski definition) is 6. The van der Waals surface area contributed by atoms with Crippen LogP contribution in [-0.2, 0) is 35.7 Å². The quantitative estimate of drug-likeness (QED) is 0.555. The Kier molecular flexibility index (Phi) is 5.51. The number of nitrogens with one attached hydrogen (secondary N) is 3. The van der Waals surface area contributed by atoms with Gasteiger partial charge in [0.2, 0.25) is 5.95 Å². The van der Waals surface area contributed by atoms with Crippen molar-refractivity contribution in [2.24, 2.45) is 0 Å². The van der Waals surface area contributed by atoms with Gasteiger partial charge in [-0.1, -0.05) is 6.07 Å². The summed E-state index contributed by atoms with van der Waals surface area (Å²) in [6.07, 6.45) is 9.98. The van der Waals surface area contributed by atoms with Crippen molar-refractivity contribution in [1.29, 1.82) is 0 Å². The van der Waals surface area contributed by atoms with Gasteiger partial charge in [-0.2, -0.15) is 0 Å². The van der Waals surface area contributed by atoms with E-state index in [-0.39, 0.29) is 5.16 Å². The smallest absolute Gasteiger partial charge is 0.276 e. The second-order valence-electron chi connectivity index (χ2n) is 8.64. The van der Waals surface area contributed by atoms with Gasteiger partial charge in [0, 0.05) is 12.2 Å². The lowest BCUT2D eigenvalue weighted by Crippen LogP contribution is -2.29. The van der Waals surface area contributed by atoms with Crippen molar-refractivity contribution in [3.63, 3.8) is 0 Å². The summed E-state index contributed by atoms with van der Waals surface area (Å²) in [7, 11) is -3.69. The molecule has 0 unspecified atom stereocenters. The van der Waals surface area contributed by atoms with Crippen LogP contribution in [0.1, 0.15) is 54.4 Å². The number of likely N-dealkylation sites (tertiary alicyclic amines) is 1. The molecule has 0 spiro atoms. The number of sulfonamides is 1. The Morgan fingerprint density at radius 3 is 2.37 bits per heavy atom. The molecule has 2 aliphatic carbocycles. The van der Waals surface area contributed by atoms with Crippen LogP contribution < -0.4 is 10.0 Å². The number of fused-ring (bicyclic) bond motifs is 2. The Labute approximate surface area is 177 Å². The van der Waals surface area contributed by atoms with Crippen LogP contribution in [0.15, 0.2) is 11.2 Å². The minimum absolute atomic E-state index is 0.129. The van der Waals surface area contributed by atoms with Crippen LogP contribution in [0.5, 0.6) is 0 Å². The normalized spacial score (nSPS) is 18.7. The fourth-order valence-electron chi connectivity index (χ4n) is 5.09. The van der Waals surface area contributed by atoms with Crippen molar-refractivity contribution in [3.05, 3.63) is 28.3 Å². The second-order valence-corrected chi connectivity index (χ2v) is 10.3. The first-order valence-electron chi connectivity index (χ1n) is 11.2. The van der Waals surface area contributed by atoms with Crippen LogP contribution in [-0.4, -0.2) is 54.7 Å². The van der Waals surface area contributed by atoms with Crippen molar-refractivity contribution >= 4 is 21.7 Å². The Bertz CT molecular complexity index is 994. The lowest BCUT2D eigenvalue weighted by Gasteiger charge is -2.15. The highest BCUT2D eigenvalue weighted by Crippen LogP contribution is 2.39. The van der Waals surface area contributed by atoms with Crippen molar-refractivity contribution in [3.8, 4) is 0 Å². The molecule has 2 aromatic rings. The number of nitrogens with zero attached hydrogens (tertiary/aromatic N) is 3. The van der Waals surface area contributed by atoms with Gasteiger partial charge in [-0.05, 0) is 99.7 Å². The monoisotopic (exact) mass is 430 g/mol. The second kappa shape index (κ2) is 8.28. The summed E-state index contributed by atoms with van der Waals surface area (Å²) in [5.41, 5.74) is 6.68. The maximum absolute atomic E-state index is 12.6. The molecule has 8 nitrogen and oxygen atoms in total. The van der Waals surface area contributed by atoms with Crippen LogP contribution in [0.25, 0.3) is 0 Å². The molecule has 5 rings (SSSR count). The van der Waals surface area contributed by atoms with Crippen molar-refractivity contribution in [1.82, 2.24) is 24.8 Å². The molecule has 0 radical (unpaired) electrons. The van der Waals surface area contributed by atoms with Crippen LogP contribution in [0.2, 0.25) is 0 Å². The van der Waals surface area contributed by atoms with Gasteiger partial charge in [0.25, 0.3) is 15.2 Å². The van der Waals surface area contributed by atoms with E-state index >= 15 is 0 Å². The molecule has 0 atom stereocenters. The maximum atomic E-state index is 12.6. The predicted octanol–water partition coefficient (Wildman–Crippen LogP) is 2.29. The van der Waals surface area contributed by atoms with Crippen LogP contribution in [0.3, 0.4) is 0 Å². The average molecular weight is 431 g/mol. The number of aromatic amines is 1. The highest BCUT2D eigenvalue weighted by atomic mass is 32.2. The standard InChI is InChI=1S/C21H30N6O2S/c28-30(29,22-10-5-13-27-11-1-2-12-27)21-24-20(25-26-21)23-19-17-8-3-6-15(17)14-16-7-4-9-18(16)19/h14,22H,1-13H2,(H2,23,24,25,26). The van der Waals surface area contributed by atoms with Gasteiger partial charge in [0.05, 0.1) is 0 Å². The van der Waals surface area contributed by atoms with Crippen LogP contribution >= 0.6 is 0 Å². The molecular weight excluding hydrogens is 400 g/mol. The molecule has 3 aliphatic rings. The minimum atomic E-state index is -3.69. The molecule has 1 aromatic carbocycles. The molecular formula is C21H30N6O2S. The molecule has 30 heavy (non-hydrogen) atoms. The van der Waals surface area contributed by atoms with Crippen molar-refractivity contribution in [2.45, 2.75) is 62.9 Å². The summed E-state index contributed by atoms with van der Waals surface area (Å²) in [5, 5.41) is 11.2. The van der Waals surface area contributed by atoms with Crippen molar-refractivity contribution < 1.29 is 8.42 Å². The number of hydrogen-bond donors (Lipinski definition) is 3. The van der Waals surface area contributed by atoms with E-state index in [0.717, 1.165) is 57.4 Å². The summed E-state index contributed by atoms with van der Waals surface area (Å²) in [6.45, 7) is 3.57. The van der Waals surface area contributed by atoms with E-state index in [1.54, 1.807) is 0 Å². The summed E-state index contributed by atoms with van der Waals surface area (Å²) in [4.78, 5) is 5.25. The van der Waals surface area contributed by atoms with Gasteiger partial charge in [-0.3, -0.25) is 4.98 Å². The topological polar surface area (TPSA) is 103 Å². The highest BCUT2D eigenvalue weighted by molar-refractivity contribution is 7.89. The van der Waals surface area contributed by atoms with Crippen LogP contribution in [0.4, 0.5) is 11.6 Å². The molecule has 0 saturated carbocycles. The molecule has 1 aromatic heterocycles. The number of benzene rings is 1. The summed E-state index contributed by atoms with van der Waals surface area (Å²) in [6, 6.07) is 2.37. The highest BCUT2D eigenvalue weighted by Gasteiger charge is 2.25. The Morgan fingerprint density at radius 1 is 0.967 bits per heavy atom. The zero-order valence-corrected chi connectivity index (χ0v) is 18.2. The fraction of sp³-hybridized carbons (Fsp3) is 0.619. The Hall–Kier alpha value is -1.97. The summed E-state index contributed by atoms with van der Waals surface area (Å²) < 4.78 is 27.8. The van der Waals surface area contributed by atoms with Gasteiger partial charge in [0.15, 0.2) is 0 Å². The molecule has 0 bridgehead atoms. The van der Waals surface area contributed by atoms with Gasteiger partial charge >= 0.3 is 0 Å². The van der Waals surface area contributed by atoms with E-state index in [4.69, 9.17) is 0 Å². The van der Waals surface area contributed by atoms with E-state index in [0.29, 0.717) is 12.5 Å². The first kappa shape index (κ1) is 20.0. The zero-order valence-electron chi connectivity index (χ0n) is 17.3. The molecule has 1 aliphatic heterocycles. The third-order valence-electron chi connectivity index (χ3n) is 6.58. The molecule has 1 fully saturated rings. The number of aryl methyl sites for hydroxylation is 2. The molecule has 1 saturated heterocycles. The summed E-state index contributed by atoms with van der Waals surface area (Å²) >= 11 is 0. The Morgan fingerprint density at radius 2 is 1.67 bits per heavy atom. The molecule has 0 amide bonds. The molecule has 3 N–H and O–H groups in total. The van der Waals surface area contributed by atoms with E-state index in [1.165, 1.54) is 47.9 Å². The lowest BCUT2D eigenvalue weighted by atomic mass is 9.99. The maximum Gasteiger partial charge on any atom is 0.276 e. The largest absolute Gasteiger partial charge is 0.324 e. The number of H-pyrrole nitrogens is 1. The molecule has 9 heteroatoms. The van der Waals surface area contributed by atoms with E-state index in [2.05, 4.69) is 36.2 Å². The number of aromatic nitrogens is 3. The SMILES string of the molecule is O=S(=O)(NCCCN1CCCC1)c1nnc(Nc2c3c(cc4c2CCC4)CCC3)[nH]1. The molecule has 2 heterocycles. The van der Waals surface area contributed by atoms with Gasteiger partial charge < -0.3 is 10.2 Å². The first-order valence-corrected chi connectivity index (χ1v) is 12.7. The average Bonchev–Trinajstić information content (AvgIpc) is 3.52. The lowest BCUT2D eigenvalue weighted by molar-refractivity contribution is 0.334. The minimum Gasteiger partial charge on any atom is -0.324 e. The van der Waals surface area contributed by atoms with Crippen molar-refractivity contribution in [2.75, 3.05) is 31.5 Å². The third-order valence-corrected chi connectivity index (χ3v) is 7.86. The van der Waals surface area contributed by atoms with E-state index in [9.17, 15) is 8.42 Å². The number of anilines is 2. The van der Waals surface area contributed by atoms with Gasteiger partial charge in [-0.15, -0.1) is 10.2 Å². The predicted molar refractivity (Wildman–Crippen MR) is 116 cm³/mol. The first-order chi connectivity index (χ1) is 14.6. The molecule has 162 valence electrons. The summed E-state index contributed by atoms with van der Waals surface area (Å²) in [5.74, 6) is 0.391.